The summed E-state index contributed by atoms with van der Waals surface area (Å²) in [5, 5.41) is 8.86. The van der Waals surface area contributed by atoms with E-state index in [2.05, 4.69) is 14.7 Å². The molecule has 2 rings (SSSR count). The molecule has 17 heavy (non-hydrogen) atoms. The van der Waals surface area contributed by atoms with Gasteiger partial charge in [0.25, 0.3) is 0 Å². The summed E-state index contributed by atoms with van der Waals surface area (Å²) in [6.45, 7) is -2.92. The standard InChI is InChI=1S/C10H10F2N2O3/c11-10(12)17-5-3-13-8(14-4-5)6-1-2-7(6)9(15)16/h3-4,6-7,10H,1-2H2,(H,15,16). The Morgan fingerprint density at radius 3 is 2.47 bits per heavy atom. The molecule has 7 heteroatoms. The molecule has 1 heterocycles. The van der Waals surface area contributed by atoms with E-state index in [1.165, 1.54) is 0 Å². The Hall–Kier alpha value is -1.79. The number of alkyl halides is 2. The van der Waals surface area contributed by atoms with E-state index in [9.17, 15) is 13.6 Å². The van der Waals surface area contributed by atoms with Crippen LogP contribution in [0.4, 0.5) is 8.78 Å². The lowest BCUT2D eigenvalue weighted by atomic mass is 9.73. The normalized spacial score (nSPS) is 23.2. The molecule has 2 unspecified atom stereocenters. The zero-order chi connectivity index (χ0) is 12.4. The third kappa shape index (κ3) is 2.48. The third-order valence-electron chi connectivity index (χ3n) is 2.80. The molecule has 0 amide bonds. The number of halogens is 2. The van der Waals surface area contributed by atoms with Crippen LogP contribution in [0.5, 0.6) is 5.75 Å². The van der Waals surface area contributed by atoms with Gasteiger partial charge in [0.1, 0.15) is 5.82 Å². The number of carbonyl (C=O) groups is 1. The number of carboxylic acid groups (broad SMARTS) is 1. The fourth-order valence-electron chi connectivity index (χ4n) is 1.79. The van der Waals surface area contributed by atoms with Gasteiger partial charge in [-0.05, 0) is 12.8 Å². The Morgan fingerprint density at radius 1 is 1.41 bits per heavy atom. The molecule has 0 aromatic carbocycles. The minimum absolute atomic E-state index is 0.130. The van der Waals surface area contributed by atoms with E-state index in [4.69, 9.17) is 5.11 Å². The summed E-state index contributed by atoms with van der Waals surface area (Å²) in [6, 6.07) is 0. The SMILES string of the molecule is O=C(O)C1CCC1c1ncc(OC(F)F)cn1. The lowest BCUT2D eigenvalue weighted by Gasteiger charge is -2.31. The molecule has 0 bridgehead atoms. The van der Waals surface area contributed by atoms with E-state index in [1.807, 2.05) is 0 Å². The Labute approximate surface area is 95.5 Å². The van der Waals surface area contributed by atoms with Crippen LogP contribution in [-0.4, -0.2) is 27.7 Å². The highest BCUT2D eigenvalue weighted by atomic mass is 19.3. The van der Waals surface area contributed by atoms with Crippen molar-refractivity contribution in [3.8, 4) is 5.75 Å². The van der Waals surface area contributed by atoms with Crippen LogP contribution < -0.4 is 4.74 Å². The second-order valence-electron chi connectivity index (χ2n) is 3.78. The minimum atomic E-state index is -2.92. The maximum atomic E-state index is 11.9. The van der Waals surface area contributed by atoms with Gasteiger partial charge in [-0.25, -0.2) is 9.97 Å². The van der Waals surface area contributed by atoms with Crippen LogP contribution in [0.25, 0.3) is 0 Å². The smallest absolute Gasteiger partial charge is 0.387 e. The Balaban J connectivity index is 2.05. The van der Waals surface area contributed by atoms with E-state index >= 15 is 0 Å². The summed E-state index contributed by atoms with van der Waals surface area (Å²) in [7, 11) is 0. The first-order chi connectivity index (χ1) is 8.08. The maximum Gasteiger partial charge on any atom is 0.387 e. The van der Waals surface area contributed by atoms with Crippen LogP contribution in [0.15, 0.2) is 12.4 Å². The zero-order valence-corrected chi connectivity index (χ0v) is 8.72. The molecule has 1 N–H and O–H groups in total. The number of aliphatic carboxylic acids is 1. The molecule has 0 saturated heterocycles. The predicted octanol–water partition coefficient (Wildman–Crippen LogP) is 1.66. The number of ether oxygens (including phenoxy) is 1. The van der Waals surface area contributed by atoms with Crippen molar-refractivity contribution in [3.63, 3.8) is 0 Å². The van der Waals surface area contributed by atoms with Gasteiger partial charge in [0.2, 0.25) is 0 Å². The molecule has 0 spiro atoms. The van der Waals surface area contributed by atoms with Crippen molar-refractivity contribution in [2.75, 3.05) is 0 Å². The van der Waals surface area contributed by atoms with Crippen molar-refractivity contribution in [1.82, 2.24) is 9.97 Å². The highest BCUT2D eigenvalue weighted by Crippen LogP contribution is 2.41. The van der Waals surface area contributed by atoms with Gasteiger partial charge in [-0.2, -0.15) is 8.78 Å². The average molecular weight is 244 g/mol. The van der Waals surface area contributed by atoms with Gasteiger partial charge >= 0.3 is 12.6 Å². The van der Waals surface area contributed by atoms with Crippen LogP contribution in [0.1, 0.15) is 24.6 Å². The first-order valence-electron chi connectivity index (χ1n) is 5.07. The quantitative estimate of drug-likeness (QED) is 0.871. The van der Waals surface area contributed by atoms with Crippen LogP contribution >= 0.6 is 0 Å². The number of nitrogens with zero attached hydrogens (tertiary/aromatic N) is 2. The van der Waals surface area contributed by atoms with Crippen LogP contribution in [0.2, 0.25) is 0 Å². The number of aromatic nitrogens is 2. The Morgan fingerprint density at radius 2 is 2.06 bits per heavy atom. The molecule has 1 aliphatic rings. The van der Waals surface area contributed by atoms with Gasteiger partial charge in [0.05, 0.1) is 18.3 Å². The summed E-state index contributed by atoms with van der Waals surface area (Å²) in [5.41, 5.74) is 0. The van der Waals surface area contributed by atoms with Gasteiger partial charge < -0.3 is 9.84 Å². The number of hydrogen-bond acceptors (Lipinski definition) is 4. The van der Waals surface area contributed by atoms with Crippen molar-refractivity contribution in [2.45, 2.75) is 25.4 Å². The molecule has 0 aliphatic heterocycles. The van der Waals surface area contributed by atoms with Crippen molar-refractivity contribution in [3.05, 3.63) is 18.2 Å². The van der Waals surface area contributed by atoms with E-state index in [0.717, 1.165) is 12.4 Å². The van der Waals surface area contributed by atoms with E-state index in [0.29, 0.717) is 18.7 Å². The summed E-state index contributed by atoms with van der Waals surface area (Å²) >= 11 is 0. The highest BCUT2D eigenvalue weighted by molar-refractivity contribution is 5.72. The predicted molar refractivity (Wildman–Crippen MR) is 51.8 cm³/mol. The largest absolute Gasteiger partial charge is 0.481 e. The number of hydrogen-bond donors (Lipinski definition) is 1. The van der Waals surface area contributed by atoms with Gasteiger partial charge in [-0.3, -0.25) is 4.79 Å². The van der Waals surface area contributed by atoms with Crippen molar-refractivity contribution >= 4 is 5.97 Å². The lowest BCUT2D eigenvalue weighted by molar-refractivity contribution is -0.145. The molecular formula is C10H10F2N2O3. The monoisotopic (exact) mass is 244 g/mol. The van der Waals surface area contributed by atoms with Crippen LogP contribution in [0, 0.1) is 5.92 Å². The summed E-state index contributed by atoms with van der Waals surface area (Å²) in [6.07, 6.45) is 3.56. The van der Waals surface area contributed by atoms with Gasteiger partial charge in [-0.15, -0.1) is 0 Å². The fraction of sp³-hybridized carbons (Fsp3) is 0.500. The van der Waals surface area contributed by atoms with Gasteiger partial charge in [0, 0.05) is 5.92 Å². The van der Waals surface area contributed by atoms with Crippen molar-refractivity contribution in [1.29, 1.82) is 0 Å². The van der Waals surface area contributed by atoms with Gasteiger partial charge in [-0.1, -0.05) is 0 Å². The number of carboxylic acids is 1. The molecular weight excluding hydrogens is 234 g/mol. The van der Waals surface area contributed by atoms with Crippen molar-refractivity contribution < 1.29 is 23.4 Å². The molecule has 1 saturated carbocycles. The first-order valence-corrected chi connectivity index (χ1v) is 5.07. The summed E-state index contributed by atoms with van der Waals surface area (Å²) in [5.74, 6) is -1.34. The molecule has 5 nitrogen and oxygen atoms in total. The zero-order valence-electron chi connectivity index (χ0n) is 8.72. The average Bonchev–Trinajstić information content (AvgIpc) is 2.17. The highest BCUT2D eigenvalue weighted by Gasteiger charge is 2.39. The Bertz CT molecular complexity index is 411. The molecule has 92 valence electrons. The molecule has 2 atom stereocenters. The lowest BCUT2D eigenvalue weighted by Crippen LogP contribution is -2.32. The summed E-state index contributed by atoms with van der Waals surface area (Å²) in [4.78, 5) is 18.5. The molecule has 1 aromatic heterocycles. The first kappa shape index (κ1) is 11.7. The Kier molecular flexibility index (Phi) is 3.16. The van der Waals surface area contributed by atoms with Crippen molar-refractivity contribution in [2.24, 2.45) is 5.92 Å². The second kappa shape index (κ2) is 4.60. The maximum absolute atomic E-state index is 11.9. The molecule has 0 radical (unpaired) electrons. The third-order valence-corrected chi connectivity index (χ3v) is 2.80. The van der Waals surface area contributed by atoms with E-state index < -0.39 is 18.5 Å². The molecule has 1 aliphatic carbocycles. The van der Waals surface area contributed by atoms with E-state index in [-0.39, 0.29) is 11.7 Å². The van der Waals surface area contributed by atoms with Gasteiger partial charge in [0.15, 0.2) is 5.75 Å². The van der Waals surface area contributed by atoms with Crippen LogP contribution in [0.3, 0.4) is 0 Å². The molecule has 1 aromatic rings. The minimum Gasteiger partial charge on any atom is -0.481 e. The number of rotatable bonds is 4. The van der Waals surface area contributed by atoms with E-state index in [1.54, 1.807) is 0 Å². The summed E-state index contributed by atoms with van der Waals surface area (Å²) < 4.78 is 27.8. The second-order valence-corrected chi connectivity index (χ2v) is 3.78. The molecule has 1 fully saturated rings. The van der Waals surface area contributed by atoms with Crippen LogP contribution in [-0.2, 0) is 4.79 Å². The topological polar surface area (TPSA) is 72.3 Å². The fourth-order valence-corrected chi connectivity index (χ4v) is 1.79.